The van der Waals surface area contributed by atoms with Crippen molar-refractivity contribution in [2.45, 2.75) is 39.7 Å². The summed E-state index contributed by atoms with van der Waals surface area (Å²) in [5.41, 5.74) is 1.24. The normalized spacial score (nSPS) is 12.8. The maximum Gasteiger partial charge on any atom is 0.131 e. The van der Waals surface area contributed by atoms with Crippen LogP contribution >= 0.6 is 0 Å². The van der Waals surface area contributed by atoms with E-state index in [1.807, 2.05) is 7.05 Å². The first-order valence-electron chi connectivity index (χ1n) is 7.95. The Kier molecular flexibility index (Phi) is 5.63. The predicted octanol–water partition coefficient (Wildman–Crippen LogP) is 4.94. The maximum absolute atomic E-state index is 6.18. The molecule has 114 valence electrons. The highest BCUT2D eigenvalue weighted by Crippen LogP contribution is 2.33. The Morgan fingerprint density at radius 2 is 1.81 bits per heavy atom. The molecule has 0 aromatic heterocycles. The van der Waals surface area contributed by atoms with Gasteiger partial charge < -0.3 is 10.1 Å². The second-order valence-corrected chi connectivity index (χ2v) is 6.10. The van der Waals surface area contributed by atoms with Crippen molar-refractivity contribution in [1.29, 1.82) is 0 Å². The largest absolute Gasteiger partial charge is 0.493 e. The highest BCUT2D eigenvalue weighted by molar-refractivity contribution is 5.89. The number of hydrogen-bond donors (Lipinski definition) is 1. The monoisotopic (exact) mass is 285 g/mol. The van der Waals surface area contributed by atoms with E-state index in [1.165, 1.54) is 22.8 Å². The third-order valence-electron chi connectivity index (χ3n) is 3.98. The van der Waals surface area contributed by atoms with E-state index in [2.05, 4.69) is 62.5 Å². The van der Waals surface area contributed by atoms with Crippen molar-refractivity contribution in [2.75, 3.05) is 13.7 Å². The second-order valence-electron chi connectivity index (χ2n) is 6.10. The Labute approximate surface area is 128 Å². The summed E-state index contributed by atoms with van der Waals surface area (Å²) in [7, 11) is 1.99. The molecule has 0 radical (unpaired) electrons. The molecule has 0 spiro atoms. The maximum atomic E-state index is 6.18. The summed E-state index contributed by atoms with van der Waals surface area (Å²) in [5, 5.41) is 5.76. The fraction of sp³-hybridized carbons (Fsp3) is 0.474. The number of fused-ring (bicyclic) bond motifs is 1. The zero-order valence-electron chi connectivity index (χ0n) is 13.6. The van der Waals surface area contributed by atoms with Gasteiger partial charge in [-0.15, -0.1) is 0 Å². The molecule has 2 aromatic carbocycles. The molecular formula is C19H27NO. The van der Waals surface area contributed by atoms with Gasteiger partial charge in [0.2, 0.25) is 0 Å². The van der Waals surface area contributed by atoms with Crippen LogP contribution < -0.4 is 10.1 Å². The van der Waals surface area contributed by atoms with Gasteiger partial charge in [-0.3, -0.25) is 0 Å². The molecule has 2 nitrogen and oxygen atoms in total. The van der Waals surface area contributed by atoms with Gasteiger partial charge in [0.15, 0.2) is 0 Å². The molecule has 0 saturated heterocycles. The van der Waals surface area contributed by atoms with Crippen molar-refractivity contribution in [3.05, 3.63) is 42.0 Å². The van der Waals surface area contributed by atoms with Gasteiger partial charge in [0.25, 0.3) is 0 Å². The average Bonchev–Trinajstić information content (AvgIpc) is 2.50. The Hall–Kier alpha value is -1.54. The summed E-state index contributed by atoms with van der Waals surface area (Å²) in [6, 6.07) is 13.1. The van der Waals surface area contributed by atoms with Gasteiger partial charge in [-0.1, -0.05) is 50.2 Å². The van der Waals surface area contributed by atoms with E-state index in [0.717, 1.165) is 24.7 Å². The second kappa shape index (κ2) is 7.46. The van der Waals surface area contributed by atoms with Crippen LogP contribution in [0.5, 0.6) is 5.75 Å². The first kappa shape index (κ1) is 15.8. The molecule has 0 fully saturated rings. The van der Waals surface area contributed by atoms with Crippen LogP contribution in [-0.4, -0.2) is 13.7 Å². The summed E-state index contributed by atoms with van der Waals surface area (Å²) in [6.45, 7) is 7.47. The van der Waals surface area contributed by atoms with Crippen LogP contribution in [0.1, 0.15) is 45.2 Å². The lowest BCUT2D eigenvalue weighted by Gasteiger charge is -2.19. The summed E-state index contributed by atoms with van der Waals surface area (Å²) < 4.78 is 6.18. The van der Waals surface area contributed by atoms with E-state index in [9.17, 15) is 0 Å². The SMILES string of the molecule is CNC(C)c1ccc2ccccc2c1OCCCC(C)C. The standard InChI is InChI=1S/C19H27NO/c1-14(2)8-7-13-21-19-17(15(3)20-4)12-11-16-9-5-6-10-18(16)19/h5-6,9-12,14-15,20H,7-8,13H2,1-4H3. The molecule has 0 heterocycles. The van der Waals surface area contributed by atoms with Crippen molar-refractivity contribution in [3.8, 4) is 5.75 Å². The van der Waals surface area contributed by atoms with E-state index in [-0.39, 0.29) is 6.04 Å². The molecule has 0 amide bonds. The number of ether oxygens (including phenoxy) is 1. The average molecular weight is 285 g/mol. The summed E-state index contributed by atoms with van der Waals surface area (Å²) in [6.07, 6.45) is 2.32. The fourth-order valence-corrected chi connectivity index (χ4v) is 2.58. The van der Waals surface area contributed by atoms with Crippen molar-refractivity contribution in [3.63, 3.8) is 0 Å². The van der Waals surface area contributed by atoms with E-state index >= 15 is 0 Å². The number of hydrogen-bond acceptors (Lipinski definition) is 2. The summed E-state index contributed by atoms with van der Waals surface area (Å²) in [4.78, 5) is 0. The third-order valence-corrected chi connectivity index (χ3v) is 3.98. The van der Waals surface area contributed by atoms with Crippen molar-refractivity contribution < 1.29 is 4.74 Å². The molecule has 2 rings (SSSR count). The van der Waals surface area contributed by atoms with Crippen LogP contribution in [0.3, 0.4) is 0 Å². The molecule has 1 N–H and O–H groups in total. The van der Waals surface area contributed by atoms with Gasteiger partial charge in [-0.25, -0.2) is 0 Å². The molecule has 0 aliphatic heterocycles. The first-order chi connectivity index (χ1) is 10.1. The van der Waals surface area contributed by atoms with E-state index in [0.29, 0.717) is 0 Å². The minimum Gasteiger partial charge on any atom is -0.493 e. The molecular weight excluding hydrogens is 258 g/mol. The number of benzene rings is 2. The van der Waals surface area contributed by atoms with Crippen molar-refractivity contribution >= 4 is 10.8 Å². The molecule has 0 bridgehead atoms. The summed E-state index contributed by atoms with van der Waals surface area (Å²) >= 11 is 0. The van der Waals surface area contributed by atoms with Crippen LogP contribution in [0.15, 0.2) is 36.4 Å². The highest BCUT2D eigenvalue weighted by Gasteiger charge is 2.13. The number of nitrogens with one attached hydrogen (secondary N) is 1. The minimum absolute atomic E-state index is 0.287. The summed E-state index contributed by atoms with van der Waals surface area (Å²) in [5.74, 6) is 1.77. The molecule has 1 unspecified atom stereocenters. The molecule has 1 atom stereocenters. The van der Waals surface area contributed by atoms with Crippen molar-refractivity contribution in [1.82, 2.24) is 5.32 Å². The smallest absolute Gasteiger partial charge is 0.131 e. The van der Waals surface area contributed by atoms with E-state index in [4.69, 9.17) is 4.74 Å². The molecule has 0 aliphatic carbocycles. The Bertz CT molecular complexity index is 577. The topological polar surface area (TPSA) is 21.3 Å². The lowest BCUT2D eigenvalue weighted by Crippen LogP contribution is -2.14. The van der Waals surface area contributed by atoms with Crippen molar-refractivity contribution in [2.24, 2.45) is 5.92 Å². The molecule has 21 heavy (non-hydrogen) atoms. The molecule has 0 saturated carbocycles. The van der Waals surface area contributed by atoms with Gasteiger partial charge in [0.05, 0.1) is 6.61 Å². The van der Waals surface area contributed by atoms with Crippen LogP contribution in [0.4, 0.5) is 0 Å². The van der Waals surface area contributed by atoms with Gasteiger partial charge in [0.1, 0.15) is 5.75 Å². The van der Waals surface area contributed by atoms with E-state index < -0.39 is 0 Å². The predicted molar refractivity (Wildman–Crippen MR) is 91.0 cm³/mol. The molecule has 2 aromatic rings. The van der Waals surface area contributed by atoms with Gasteiger partial charge >= 0.3 is 0 Å². The lowest BCUT2D eigenvalue weighted by atomic mass is 10.0. The van der Waals surface area contributed by atoms with Gasteiger partial charge in [-0.05, 0) is 38.1 Å². The van der Waals surface area contributed by atoms with Crippen LogP contribution in [0.2, 0.25) is 0 Å². The van der Waals surface area contributed by atoms with Crippen LogP contribution in [-0.2, 0) is 0 Å². The minimum atomic E-state index is 0.287. The fourth-order valence-electron chi connectivity index (χ4n) is 2.58. The molecule has 2 heteroatoms. The molecule has 0 aliphatic rings. The van der Waals surface area contributed by atoms with Crippen LogP contribution in [0, 0.1) is 5.92 Å². The van der Waals surface area contributed by atoms with E-state index in [1.54, 1.807) is 0 Å². The Morgan fingerprint density at radius 1 is 1.05 bits per heavy atom. The first-order valence-corrected chi connectivity index (χ1v) is 7.95. The Balaban J connectivity index is 2.27. The zero-order valence-corrected chi connectivity index (χ0v) is 13.6. The van der Waals surface area contributed by atoms with Crippen LogP contribution in [0.25, 0.3) is 10.8 Å². The Morgan fingerprint density at radius 3 is 2.52 bits per heavy atom. The lowest BCUT2D eigenvalue weighted by molar-refractivity contribution is 0.296. The van der Waals surface area contributed by atoms with Gasteiger partial charge in [0, 0.05) is 17.0 Å². The zero-order chi connectivity index (χ0) is 15.2. The quantitative estimate of drug-likeness (QED) is 0.728. The highest BCUT2D eigenvalue weighted by atomic mass is 16.5. The number of rotatable bonds is 7. The van der Waals surface area contributed by atoms with Gasteiger partial charge in [-0.2, -0.15) is 0 Å². The third kappa shape index (κ3) is 3.98.